The van der Waals surface area contributed by atoms with Gasteiger partial charge in [-0.3, -0.25) is 9.59 Å². The number of allylic oxidation sites excluding steroid dienone is 1. The quantitative estimate of drug-likeness (QED) is 0.306. The molecule has 0 saturated heterocycles. The minimum Gasteiger partial charge on any atom is -0.489 e. The van der Waals surface area contributed by atoms with Gasteiger partial charge in [-0.1, -0.05) is 55.8 Å². The predicted octanol–water partition coefficient (Wildman–Crippen LogP) is 4.43. The maximum absolute atomic E-state index is 12.9. The number of Topliss-reactive ketones (excluding diaryl/α,β-unsaturated/α-hetero) is 1. The van der Waals surface area contributed by atoms with Crippen LogP contribution < -0.4 is 0 Å². The molecule has 2 aromatic rings. The number of ketones is 1. The van der Waals surface area contributed by atoms with Crippen molar-refractivity contribution in [1.82, 2.24) is 4.90 Å². The first-order chi connectivity index (χ1) is 12.5. The lowest BCUT2D eigenvalue weighted by atomic mass is 10.0. The van der Waals surface area contributed by atoms with Crippen LogP contribution in [0.4, 0.5) is 0 Å². The van der Waals surface area contributed by atoms with Crippen molar-refractivity contribution >= 4 is 17.8 Å². The lowest BCUT2D eigenvalue weighted by Crippen LogP contribution is -2.21. The predicted molar refractivity (Wildman–Crippen MR) is 104 cm³/mol. The Hall–Kier alpha value is -2.88. The molecule has 136 valence electrons. The number of carbonyl (C=O) groups is 2. The third kappa shape index (κ3) is 5.31. The third-order valence-electron chi connectivity index (χ3n) is 3.88. The van der Waals surface area contributed by atoms with Gasteiger partial charge >= 0.3 is 0 Å². The highest BCUT2D eigenvalue weighted by Gasteiger charge is 2.15. The van der Waals surface area contributed by atoms with Gasteiger partial charge in [-0.2, -0.15) is 0 Å². The maximum atomic E-state index is 12.9. The van der Waals surface area contributed by atoms with Gasteiger partial charge in [0.1, 0.15) is 0 Å². The Bertz CT molecular complexity index is 762. The molecule has 0 atom stereocenters. The van der Waals surface area contributed by atoms with Crippen LogP contribution in [0.25, 0.3) is 6.08 Å². The molecular formula is C22H25NO3. The fraction of sp³-hybridized carbons (Fsp3) is 0.273. The molecule has 0 bridgehead atoms. The van der Waals surface area contributed by atoms with Crippen LogP contribution >= 0.6 is 0 Å². The average molecular weight is 351 g/mol. The van der Waals surface area contributed by atoms with E-state index in [-0.39, 0.29) is 11.7 Å². The molecule has 0 spiro atoms. The zero-order chi connectivity index (χ0) is 18.9. The van der Waals surface area contributed by atoms with Gasteiger partial charge in [0.2, 0.25) is 5.78 Å². The van der Waals surface area contributed by atoms with Crippen molar-refractivity contribution in [2.45, 2.75) is 19.8 Å². The fourth-order valence-corrected chi connectivity index (χ4v) is 2.36. The lowest BCUT2D eigenvalue weighted by molar-refractivity contribution is 0.0826. The van der Waals surface area contributed by atoms with Gasteiger partial charge in [-0.25, -0.2) is 0 Å². The fourth-order valence-electron chi connectivity index (χ4n) is 2.36. The number of rotatable bonds is 8. The summed E-state index contributed by atoms with van der Waals surface area (Å²) in [6.07, 6.45) is 3.64. The van der Waals surface area contributed by atoms with E-state index in [1.165, 1.54) is 4.90 Å². The summed E-state index contributed by atoms with van der Waals surface area (Å²) in [6, 6.07) is 16.3. The zero-order valence-corrected chi connectivity index (χ0v) is 15.6. The molecular weight excluding hydrogens is 326 g/mol. The summed E-state index contributed by atoms with van der Waals surface area (Å²) < 4.78 is 5.75. The third-order valence-corrected chi connectivity index (χ3v) is 3.88. The van der Waals surface area contributed by atoms with E-state index < -0.39 is 0 Å². The van der Waals surface area contributed by atoms with Gasteiger partial charge in [0.15, 0.2) is 5.76 Å². The van der Waals surface area contributed by atoms with Crippen LogP contribution in [0.5, 0.6) is 0 Å². The summed E-state index contributed by atoms with van der Waals surface area (Å²) in [5, 5.41) is 0. The van der Waals surface area contributed by atoms with Gasteiger partial charge in [0, 0.05) is 25.2 Å². The normalized spacial score (nSPS) is 11.1. The monoisotopic (exact) mass is 351 g/mol. The standard InChI is InChI=1S/C22H25NO3/c1-4-5-15-26-20(16-17-9-7-6-8-10-17)21(24)18-11-13-19(14-12-18)22(25)23(2)3/h6-14,16H,4-5,15H2,1-3H3. The highest BCUT2D eigenvalue weighted by molar-refractivity contribution is 6.10. The van der Waals surface area contributed by atoms with E-state index in [0.717, 1.165) is 18.4 Å². The Balaban J connectivity index is 2.25. The van der Waals surface area contributed by atoms with Gasteiger partial charge in [0.05, 0.1) is 6.61 Å². The van der Waals surface area contributed by atoms with Crippen LogP contribution in [-0.4, -0.2) is 37.3 Å². The van der Waals surface area contributed by atoms with E-state index in [1.807, 2.05) is 30.3 Å². The highest BCUT2D eigenvalue weighted by Crippen LogP contribution is 2.16. The van der Waals surface area contributed by atoms with Crippen molar-refractivity contribution in [2.75, 3.05) is 20.7 Å². The second-order valence-corrected chi connectivity index (χ2v) is 6.23. The van der Waals surface area contributed by atoms with Gasteiger partial charge in [0.25, 0.3) is 5.91 Å². The van der Waals surface area contributed by atoms with Crippen LogP contribution in [0.15, 0.2) is 60.4 Å². The van der Waals surface area contributed by atoms with Crippen LogP contribution in [-0.2, 0) is 4.74 Å². The number of unbranched alkanes of at least 4 members (excludes halogenated alkanes) is 1. The van der Waals surface area contributed by atoms with Gasteiger partial charge in [-0.15, -0.1) is 0 Å². The molecule has 0 unspecified atom stereocenters. The van der Waals surface area contributed by atoms with E-state index in [9.17, 15) is 9.59 Å². The number of hydrogen-bond donors (Lipinski definition) is 0. The molecule has 0 aliphatic heterocycles. The summed E-state index contributed by atoms with van der Waals surface area (Å²) in [5.41, 5.74) is 1.96. The Labute approximate surface area is 155 Å². The Morgan fingerprint density at radius 1 is 0.962 bits per heavy atom. The Morgan fingerprint density at radius 3 is 2.15 bits per heavy atom. The summed E-state index contributed by atoms with van der Waals surface area (Å²) in [7, 11) is 3.40. The van der Waals surface area contributed by atoms with Crippen molar-refractivity contribution < 1.29 is 14.3 Å². The summed E-state index contributed by atoms with van der Waals surface area (Å²) >= 11 is 0. The largest absolute Gasteiger partial charge is 0.489 e. The van der Waals surface area contributed by atoms with Crippen LogP contribution in [0.1, 0.15) is 46.0 Å². The maximum Gasteiger partial charge on any atom is 0.253 e. The Kier molecular flexibility index (Phi) is 7.15. The first-order valence-electron chi connectivity index (χ1n) is 8.79. The molecule has 0 aromatic heterocycles. The minimum absolute atomic E-state index is 0.0942. The van der Waals surface area contributed by atoms with Crippen LogP contribution in [0, 0.1) is 0 Å². The van der Waals surface area contributed by atoms with Gasteiger partial charge in [-0.05, 0) is 30.2 Å². The van der Waals surface area contributed by atoms with Gasteiger partial charge < -0.3 is 9.64 Å². The van der Waals surface area contributed by atoms with E-state index in [2.05, 4.69) is 6.92 Å². The van der Waals surface area contributed by atoms with Crippen molar-refractivity contribution in [3.8, 4) is 0 Å². The number of benzene rings is 2. The van der Waals surface area contributed by atoms with E-state index in [4.69, 9.17) is 4.74 Å². The number of hydrogen-bond acceptors (Lipinski definition) is 3. The molecule has 0 N–H and O–H groups in total. The van der Waals surface area contributed by atoms with Crippen molar-refractivity contribution in [1.29, 1.82) is 0 Å². The van der Waals surface area contributed by atoms with Crippen molar-refractivity contribution in [3.63, 3.8) is 0 Å². The molecule has 26 heavy (non-hydrogen) atoms. The molecule has 4 nitrogen and oxygen atoms in total. The summed E-state index contributed by atoms with van der Waals surface area (Å²) in [6.45, 7) is 2.57. The summed E-state index contributed by atoms with van der Waals surface area (Å²) in [4.78, 5) is 26.4. The summed E-state index contributed by atoms with van der Waals surface area (Å²) in [5.74, 6) is 0.0355. The zero-order valence-electron chi connectivity index (χ0n) is 15.6. The lowest BCUT2D eigenvalue weighted by Gasteiger charge is -2.12. The Morgan fingerprint density at radius 2 is 1.58 bits per heavy atom. The molecule has 0 saturated carbocycles. The number of nitrogens with zero attached hydrogens (tertiary/aromatic N) is 1. The molecule has 0 radical (unpaired) electrons. The topological polar surface area (TPSA) is 46.6 Å². The number of ether oxygens (including phenoxy) is 1. The number of carbonyl (C=O) groups excluding carboxylic acids is 2. The average Bonchev–Trinajstić information content (AvgIpc) is 2.67. The van der Waals surface area contributed by atoms with E-state index in [0.29, 0.717) is 23.5 Å². The smallest absolute Gasteiger partial charge is 0.253 e. The molecule has 0 fully saturated rings. The van der Waals surface area contributed by atoms with E-state index in [1.54, 1.807) is 44.4 Å². The first kappa shape index (κ1) is 19.4. The second kappa shape index (κ2) is 9.56. The molecule has 0 aliphatic carbocycles. The molecule has 4 heteroatoms. The number of amides is 1. The van der Waals surface area contributed by atoms with Crippen molar-refractivity contribution in [3.05, 3.63) is 77.0 Å². The first-order valence-corrected chi connectivity index (χ1v) is 8.79. The van der Waals surface area contributed by atoms with Crippen LogP contribution in [0.3, 0.4) is 0 Å². The molecule has 0 aliphatic rings. The second-order valence-electron chi connectivity index (χ2n) is 6.23. The molecule has 1 amide bonds. The van der Waals surface area contributed by atoms with E-state index >= 15 is 0 Å². The van der Waals surface area contributed by atoms with Crippen LogP contribution in [0.2, 0.25) is 0 Å². The molecule has 2 rings (SSSR count). The molecule has 2 aromatic carbocycles. The van der Waals surface area contributed by atoms with Crippen molar-refractivity contribution in [2.24, 2.45) is 0 Å². The highest BCUT2D eigenvalue weighted by atomic mass is 16.5. The SMILES string of the molecule is CCCCOC(=Cc1ccccc1)C(=O)c1ccc(C(=O)N(C)C)cc1. The minimum atomic E-state index is -0.186. The molecule has 0 heterocycles.